The van der Waals surface area contributed by atoms with Crippen LogP contribution in [0.1, 0.15) is 34.7 Å². The molecule has 0 saturated heterocycles. The van der Waals surface area contributed by atoms with E-state index in [1.54, 1.807) is 6.07 Å². The molecule has 150 valence electrons. The summed E-state index contributed by atoms with van der Waals surface area (Å²) in [6.45, 7) is 4.21. The fourth-order valence-electron chi connectivity index (χ4n) is 3.22. The van der Waals surface area contributed by atoms with E-state index in [0.717, 1.165) is 23.3 Å². The summed E-state index contributed by atoms with van der Waals surface area (Å²) in [4.78, 5) is 22.4. The molecule has 0 atom stereocenters. The van der Waals surface area contributed by atoms with E-state index in [4.69, 9.17) is 14.4 Å². The van der Waals surface area contributed by atoms with Gasteiger partial charge < -0.3 is 14.4 Å². The van der Waals surface area contributed by atoms with Crippen molar-refractivity contribution in [2.75, 3.05) is 14.2 Å². The molecule has 0 bridgehead atoms. The zero-order valence-corrected chi connectivity index (χ0v) is 17.1. The highest BCUT2D eigenvalue weighted by molar-refractivity contribution is 6.43. The molecule has 6 nitrogen and oxygen atoms in total. The lowest BCUT2D eigenvalue weighted by atomic mass is 10.0. The Morgan fingerprint density at radius 2 is 1.90 bits per heavy atom. The fraction of sp³-hybridized carbons (Fsp3) is 0.261. The van der Waals surface area contributed by atoms with Gasteiger partial charge in [0.15, 0.2) is 5.71 Å². The van der Waals surface area contributed by atoms with Crippen molar-refractivity contribution < 1.29 is 19.2 Å². The number of methoxy groups -OCH3 is 1. The number of esters is 1. The van der Waals surface area contributed by atoms with Crippen LogP contribution in [0.5, 0.6) is 0 Å². The van der Waals surface area contributed by atoms with Gasteiger partial charge in [-0.15, -0.1) is 0 Å². The summed E-state index contributed by atoms with van der Waals surface area (Å²) >= 11 is 0. The van der Waals surface area contributed by atoms with Crippen molar-refractivity contribution >= 4 is 23.5 Å². The van der Waals surface area contributed by atoms with Crippen molar-refractivity contribution in [1.29, 1.82) is 0 Å². The molecular formula is C23H24N2O4. The second-order valence-electron chi connectivity index (χ2n) is 6.77. The molecule has 0 saturated carbocycles. The third-order valence-corrected chi connectivity index (χ3v) is 4.73. The summed E-state index contributed by atoms with van der Waals surface area (Å²) < 4.78 is 4.80. The second kappa shape index (κ2) is 9.19. The lowest BCUT2D eigenvalue weighted by Gasteiger charge is -2.10. The highest BCUT2D eigenvalue weighted by Crippen LogP contribution is 2.26. The van der Waals surface area contributed by atoms with E-state index in [2.05, 4.69) is 41.5 Å². The first kappa shape index (κ1) is 20.3. The SMILES string of the molecule is CO/N=C(/C(=O)OC)c1ccccc1CO/N=C(\C)C1=Cc2ccc(C)cc2C1. The van der Waals surface area contributed by atoms with Gasteiger partial charge in [0, 0.05) is 11.1 Å². The predicted molar refractivity (Wildman–Crippen MR) is 113 cm³/mol. The Morgan fingerprint density at radius 3 is 2.66 bits per heavy atom. The molecule has 2 aromatic rings. The minimum atomic E-state index is -0.580. The monoisotopic (exact) mass is 392 g/mol. The molecule has 0 fully saturated rings. The van der Waals surface area contributed by atoms with Crippen molar-refractivity contribution in [2.45, 2.75) is 26.9 Å². The van der Waals surface area contributed by atoms with Crippen molar-refractivity contribution in [3.63, 3.8) is 0 Å². The molecule has 0 heterocycles. The number of carbonyl (C=O) groups is 1. The van der Waals surface area contributed by atoms with Crippen molar-refractivity contribution in [3.8, 4) is 0 Å². The van der Waals surface area contributed by atoms with Crippen LogP contribution in [0.15, 0.2) is 58.3 Å². The Bertz CT molecular complexity index is 1010. The van der Waals surface area contributed by atoms with Crippen LogP contribution in [0.25, 0.3) is 6.08 Å². The molecular weight excluding hydrogens is 368 g/mol. The first-order valence-corrected chi connectivity index (χ1v) is 9.28. The number of rotatable bonds is 7. The molecule has 6 heteroatoms. The van der Waals surface area contributed by atoms with Crippen LogP contribution in [-0.2, 0) is 32.2 Å². The number of carbonyl (C=O) groups excluding carboxylic acids is 1. The average molecular weight is 392 g/mol. The Morgan fingerprint density at radius 1 is 1.10 bits per heavy atom. The van der Waals surface area contributed by atoms with Crippen molar-refractivity contribution in [1.82, 2.24) is 0 Å². The third kappa shape index (κ3) is 4.71. The largest absolute Gasteiger partial charge is 0.464 e. The zero-order valence-electron chi connectivity index (χ0n) is 17.1. The number of benzene rings is 2. The summed E-state index contributed by atoms with van der Waals surface area (Å²) in [5.41, 5.74) is 7.16. The minimum Gasteiger partial charge on any atom is -0.464 e. The van der Waals surface area contributed by atoms with E-state index in [1.165, 1.54) is 30.9 Å². The van der Waals surface area contributed by atoms with E-state index >= 15 is 0 Å². The standard InChI is InChI=1S/C23H24N2O4/c1-15-9-10-17-12-19(13-20(17)11-15)16(2)24-29-14-18-7-5-6-8-21(18)22(25-28-4)23(26)27-3/h5-12H,13-14H2,1-4H3/b24-16+,25-22+. The van der Waals surface area contributed by atoms with E-state index < -0.39 is 5.97 Å². The Hall–Kier alpha value is -3.41. The van der Waals surface area contributed by atoms with Gasteiger partial charge in [-0.25, -0.2) is 4.79 Å². The van der Waals surface area contributed by atoms with Gasteiger partial charge in [0.05, 0.1) is 12.8 Å². The average Bonchev–Trinajstić information content (AvgIpc) is 3.15. The van der Waals surface area contributed by atoms with E-state index in [1.807, 2.05) is 25.1 Å². The van der Waals surface area contributed by atoms with Gasteiger partial charge in [-0.05, 0) is 43.0 Å². The molecule has 1 aliphatic carbocycles. The number of hydrogen-bond acceptors (Lipinski definition) is 6. The van der Waals surface area contributed by atoms with Crippen LogP contribution in [0, 0.1) is 6.92 Å². The molecule has 2 aromatic carbocycles. The fourth-order valence-corrected chi connectivity index (χ4v) is 3.22. The first-order chi connectivity index (χ1) is 14.0. The number of fused-ring (bicyclic) bond motifs is 1. The van der Waals surface area contributed by atoms with Crippen LogP contribution in [0.4, 0.5) is 0 Å². The molecule has 0 amide bonds. The smallest absolute Gasteiger partial charge is 0.360 e. The number of aryl methyl sites for hydroxylation is 1. The van der Waals surface area contributed by atoms with Gasteiger partial charge in [0.1, 0.15) is 13.7 Å². The van der Waals surface area contributed by atoms with Crippen LogP contribution in [-0.4, -0.2) is 31.6 Å². The molecule has 29 heavy (non-hydrogen) atoms. The molecule has 0 radical (unpaired) electrons. The van der Waals surface area contributed by atoms with Crippen molar-refractivity contribution in [3.05, 3.63) is 75.9 Å². The van der Waals surface area contributed by atoms with Gasteiger partial charge in [-0.3, -0.25) is 0 Å². The topological polar surface area (TPSA) is 69.5 Å². The van der Waals surface area contributed by atoms with Gasteiger partial charge >= 0.3 is 5.97 Å². The van der Waals surface area contributed by atoms with Crippen LogP contribution in [0.3, 0.4) is 0 Å². The Kier molecular flexibility index (Phi) is 6.44. The van der Waals surface area contributed by atoms with Gasteiger partial charge in [0.2, 0.25) is 0 Å². The normalized spacial score (nSPS) is 13.6. The quantitative estimate of drug-likeness (QED) is 0.405. The summed E-state index contributed by atoms with van der Waals surface area (Å²) in [5, 5.41) is 8.08. The molecule has 0 aliphatic heterocycles. The molecule has 0 spiro atoms. The number of oxime groups is 2. The van der Waals surface area contributed by atoms with Gasteiger partial charge in [-0.1, -0.05) is 58.3 Å². The number of hydrogen-bond donors (Lipinski definition) is 0. The molecule has 0 N–H and O–H groups in total. The van der Waals surface area contributed by atoms with Gasteiger partial charge in [0.25, 0.3) is 0 Å². The number of allylic oxidation sites excluding steroid dienone is 1. The molecule has 3 rings (SSSR count). The highest BCUT2D eigenvalue weighted by atomic mass is 16.6. The number of ether oxygens (including phenoxy) is 1. The van der Waals surface area contributed by atoms with E-state index in [-0.39, 0.29) is 12.3 Å². The number of nitrogens with zero attached hydrogens (tertiary/aromatic N) is 2. The highest BCUT2D eigenvalue weighted by Gasteiger charge is 2.19. The summed E-state index contributed by atoms with van der Waals surface area (Å²) in [6, 6.07) is 13.7. The molecule has 1 aliphatic rings. The Balaban J connectivity index is 1.73. The van der Waals surface area contributed by atoms with Crippen LogP contribution in [0.2, 0.25) is 0 Å². The summed E-state index contributed by atoms with van der Waals surface area (Å²) in [5.74, 6) is -0.580. The third-order valence-electron chi connectivity index (χ3n) is 4.73. The zero-order chi connectivity index (χ0) is 20.8. The maximum atomic E-state index is 12.0. The minimum absolute atomic E-state index is 0.0826. The predicted octanol–water partition coefficient (Wildman–Crippen LogP) is 4.05. The molecule has 0 aromatic heterocycles. The summed E-state index contributed by atoms with van der Waals surface area (Å²) in [7, 11) is 2.68. The second-order valence-corrected chi connectivity index (χ2v) is 6.77. The Labute approximate surface area is 170 Å². The summed E-state index contributed by atoms with van der Waals surface area (Å²) in [6.07, 6.45) is 2.99. The van der Waals surface area contributed by atoms with E-state index in [0.29, 0.717) is 5.56 Å². The first-order valence-electron chi connectivity index (χ1n) is 9.28. The maximum absolute atomic E-state index is 12.0. The van der Waals surface area contributed by atoms with Gasteiger partial charge in [-0.2, -0.15) is 0 Å². The van der Waals surface area contributed by atoms with E-state index in [9.17, 15) is 4.79 Å². The lowest BCUT2D eigenvalue weighted by Crippen LogP contribution is -2.19. The molecule has 0 unspecified atom stereocenters. The van der Waals surface area contributed by atoms with Crippen LogP contribution >= 0.6 is 0 Å². The maximum Gasteiger partial charge on any atom is 0.360 e. The lowest BCUT2D eigenvalue weighted by molar-refractivity contribution is -0.132. The van der Waals surface area contributed by atoms with Crippen molar-refractivity contribution in [2.24, 2.45) is 10.3 Å². The van der Waals surface area contributed by atoms with Crippen LogP contribution < -0.4 is 0 Å².